The van der Waals surface area contributed by atoms with E-state index in [1.54, 1.807) is 7.11 Å². The van der Waals surface area contributed by atoms with Crippen molar-refractivity contribution < 1.29 is 9.53 Å². The summed E-state index contributed by atoms with van der Waals surface area (Å²) >= 11 is 0. The predicted octanol–water partition coefficient (Wildman–Crippen LogP) is 3.29. The van der Waals surface area contributed by atoms with E-state index in [0.29, 0.717) is 13.1 Å². The molecule has 128 valence electrons. The van der Waals surface area contributed by atoms with Crippen molar-refractivity contribution in [1.82, 2.24) is 9.80 Å². The Balaban J connectivity index is 2.07. The number of ether oxygens (including phenoxy) is 1. The van der Waals surface area contributed by atoms with Crippen molar-refractivity contribution in [3.63, 3.8) is 0 Å². The van der Waals surface area contributed by atoms with E-state index in [1.165, 1.54) is 0 Å². The fourth-order valence-corrected chi connectivity index (χ4v) is 2.28. The number of rotatable bonds is 7. The second kappa shape index (κ2) is 8.93. The summed E-state index contributed by atoms with van der Waals surface area (Å²) in [4.78, 5) is 16.6. The molecule has 5 heteroatoms. The minimum Gasteiger partial charge on any atom is -0.497 e. The van der Waals surface area contributed by atoms with Gasteiger partial charge in [-0.05, 0) is 31.8 Å². The maximum absolute atomic E-state index is 12.7. The first kappa shape index (κ1) is 17.8. The molecule has 0 aromatic heterocycles. The first-order valence-corrected chi connectivity index (χ1v) is 7.97. The number of nitrogens with zero attached hydrogens (tertiary/aromatic N) is 2. The van der Waals surface area contributed by atoms with Gasteiger partial charge in [-0.15, -0.1) is 0 Å². The van der Waals surface area contributed by atoms with Crippen LogP contribution in [0.25, 0.3) is 0 Å². The second-order valence-electron chi connectivity index (χ2n) is 5.87. The highest BCUT2D eigenvalue weighted by molar-refractivity contribution is 5.89. The Labute approximate surface area is 143 Å². The van der Waals surface area contributed by atoms with Crippen LogP contribution in [0.4, 0.5) is 10.5 Å². The van der Waals surface area contributed by atoms with Crippen LogP contribution in [0.1, 0.15) is 5.56 Å². The Bertz CT molecular complexity index is 644. The molecule has 0 radical (unpaired) electrons. The van der Waals surface area contributed by atoms with Gasteiger partial charge in [0.1, 0.15) is 5.75 Å². The molecule has 2 rings (SSSR count). The molecule has 0 fully saturated rings. The van der Waals surface area contributed by atoms with Crippen molar-refractivity contribution in [2.45, 2.75) is 6.54 Å². The predicted molar refractivity (Wildman–Crippen MR) is 97.4 cm³/mol. The van der Waals surface area contributed by atoms with Gasteiger partial charge in [-0.3, -0.25) is 0 Å². The van der Waals surface area contributed by atoms with E-state index in [-0.39, 0.29) is 6.03 Å². The van der Waals surface area contributed by atoms with E-state index in [9.17, 15) is 4.79 Å². The summed E-state index contributed by atoms with van der Waals surface area (Å²) in [5.41, 5.74) is 1.83. The van der Waals surface area contributed by atoms with Crippen LogP contribution >= 0.6 is 0 Å². The summed E-state index contributed by atoms with van der Waals surface area (Å²) in [5, 5.41) is 2.95. The van der Waals surface area contributed by atoms with Gasteiger partial charge in [-0.2, -0.15) is 0 Å². The summed E-state index contributed by atoms with van der Waals surface area (Å²) in [6.45, 7) is 2.03. The van der Waals surface area contributed by atoms with E-state index in [1.807, 2.05) is 73.6 Å². The quantitative estimate of drug-likeness (QED) is 0.849. The highest BCUT2D eigenvalue weighted by Gasteiger charge is 2.14. The van der Waals surface area contributed by atoms with Crippen molar-refractivity contribution in [3.05, 3.63) is 60.2 Å². The van der Waals surface area contributed by atoms with Crippen LogP contribution in [-0.4, -0.2) is 50.1 Å². The van der Waals surface area contributed by atoms with Gasteiger partial charge >= 0.3 is 6.03 Å². The third kappa shape index (κ3) is 5.59. The third-order valence-corrected chi connectivity index (χ3v) is 3.64. The number of carbonyl (C=O) groups is 1. The van der Waals surface area contributed by atoms with Crippen LogP contribution < -0.4 is 10.1 Å². The standard InChI is InChI=1S/C19H25N3O2/c1-21(2)12-13-22(15-16-8-5-4-6-9-16)19(23)20-17-10-7-11-18(14-17)24-3/h4-11,14H,12-13,15H2,1-3H3,(H,20,23). The van der Waals surface area contributed by atoms with Crippen LogP contribution in [0.15, 0.2) is 54.6 Å². The number of hydrogen-bond acceptors (Lipinski definition) is 3. The molecular formula is C19H25N3O2. The normalized spacial score (nSPS) is 10.5. The summed E-state index contributed by atoms with van der Waals surface area (Å²) in [6.07, 6.45) is 0. The summed E-state index contributed by atoms with van der Waals surface area (Å²) < 4.78 is 5.20. The number of benzene rings is 2. The zero-order chi connectivity index (χ0) is 17.4. The second-order valence-corrected chi connectivity index (χ2v) is 5.87. The average molecular weight is 327 g/mol. The summed E-state index contributed by atoms with van der Waals surface area (Å²) in [6, 6.07) is 17.3. The van der Waals surface area contributed by atoms with Crippen LogP contribution in [-0.2, 0) is 6.54 Å². The highest BCUT2D eigenvalue weighted by Crippen LogP contribution is 2.17. The molecule has 0 aliphatic heterocycles. The number of amides is 2. The van der Waals surface area contributed by atoms with E-state index < -0.39 is 0 Å². The highest BCUT2D eigenvalue weighted by atomic mass is 16.5. The monoisotopic (exact) mass is 327 g/mol. The minimum absolute atomic E-state index is 0.117. The van der Waals surface area contributed by atoms with Gasteiger partial charge in [0.2, 0.25) is 0 Å². The lowest BCUT2D eigenvalue weighted by Crippen LogP contribution is -2.39. The molecule has 0 bridgehead atoms. The number of nitrogens with one attached hydrogen (secondary N) is 1. The van der Waals surface area contributed by atoms with Gasteiger partial charge < -0.3 is 19.9 Å². The largest absolute Gasteiger partial charge is 0.497 e. The Morgan fingerprint density at radius 2 is 1.79 bits per heavy atom. The number of anilines is 1. The lowest BCUT2D eigenvalue weighted by molar-refractivity contribution is 0.202. The SMILES string of the molecule is COc1cccc(NC(=O)N(CCN(C)C)Cc2ccccc2)c1. The van der Waals surface area contributed by atoms with E-state index in [0.717, 1.165) is 23.5 Å². The van der Waals surface area contributed by atoms with Gasteiger partial charge in [0.15, 0.2) is 0 Å². The smallest absolute Gasteiger partial charge is 0.322 e. The Kier molecular flexibility index (Phi) is 6.63. The molecule has 5 nitrogen and oxygen atoms in total. The molecule has 0 saturated heterocycles. The summed E-state index contributed by atoms with van der Waals surface area (Å²) in [5.74, 6) is 0.718. The number of urea groups is 1. The van der Waals surface area contributed by atoms with Crippen molar-refractivity contribution >= 4 is 11.7 Å². The molecule has 0 aliphatic rings. The third-order valence-electron chi connectivity index (χ3n) is 3.64. The average Bonchev–Trinajstić information content (AvgIpc) is 2.59. The van der Waals surface area contributed by atoms with Gasteiger partial charge in [-0.25, -0.2) is 4.79 Å². The molecule has 2 aromatic rings. The van der Waals surface area contributed by atoms with Crippen molar-refractivity contribution in [2.24, 2.45) is 0 Å². The van der Waals surface area contributed by atoms with Crippen molar-refractivity contribution in [1.29, 1.82) is 0 Å². The van der Waals surface area contributed by atoms with Crippen LogP contribution in [0, 0.1) is 0 Å². The van der Waals surface area contributed by atoms with Gasteiger partial charge in [0.05, 0.1) is 7.11 Å². The maximum Gasteiger partial charge on any atom is 0.322 e. The number of methoxy groups -OCH3 is 1. The molecule has 2 amide bonds. The van der Waals surface area contributed by atoms with Gasteiger partial charge in [0.25, 0.3) is 0 Å². The molecule has 0 heterocycles. The summed E-state index contributed by atoms with van der Waals surface area (Å²) in [7, 11) is 5.61. The zero-order valence-corrected chi connectivity index (χ0v) is 14.5. The molecule has 0 spiro atoms. The Hall–Kier alpha value is -2.53. The molecular weight excluding hydrogens is 302 g/mol. The fourth-order valence-electron chi connectivity index (χ4n) is 2.28. The molecule has 1 N–H and O–H groups in total. The molecule has 0 unspecified atom stereocenters. The van der Waals surface area contributed by atoms with Crippen molar-refractivity contribution in [2.75, 3.05) is 39.6 Å². The molecule has 0 saturated carbocycles. The fraction of sp³-hybridized carbons (Fsp3) is 0.316. The Morgan fingerprint density at radius 1 is 1.04 bits per heavy atom. The first-order chi connectivity index (χ1) is 11.6. The van der Waals surface area contributed by atoms with E-state index in [4.69, 9.17) is 4.74 Å². The number of hydrogen-bond donors (Lipinski definition) is 1. The number of likely N-dealkylation sites (N-methyl/N-ethyl adjacent to an activating group) is 1. The van der Waals surface area contributed by atoms with Crippen LogP contribution in [0.3, 0.4) is 0 Å². The number of carbonyl (C=O) groups excluding carboxylic acids is 1. The lowest BCUT2D eigenvalue weighted by Gasteiger charge is -2.25. The first-order valence-electron chi connectivity index (χ1n) is 7.97. The molecule has 0 aliphatic carbocycles. The van der Waals surface area contributed by atoms with Gasteiger partial charge in [0, 0.05) is 31.4 Å². The topological polar surface area (TPSA) is 44.8 Å². The van der Waals surface area contributed by atoms with E-state index in [2.05, 4.69) is 10.2 Å². The Morgan fingerprint density at radius 3 is 2.46 bits per heavy atom. The zero-order valence-electron chi connectivity index (χ0n) is 14.5. The van der Waals surface area contributed by atoms with Crippen LogP contribution in [0.5, 0.6) is 5.75 Å². The lowest BCUT2D eigenvalue weighted by atomic mass is 10.2. The maximum atomic E-state index is 12.7. The molecule has 0 atom stereocenters. The van der Waals surface area contributed by atoms with E-state index >= 15 is 0 Å². The van der Waals surface area contributed by atoms with Crippen molar-refractivity contribution in [3.8, 4) is 5.75 Å². The van der Waals surface area contributed by atoms with Gasteiger partial charge in [-0.1, -0.05) is 36.4 Å². The molecule has 24 heavy (non-hydrogen) atoms. The minimum atomic E-state index is -0.117. The molecule has 2 aromatic carbocycles. The van der Waals surface area contributed by atoms with Crippen LogP contribution in [0.2, 0.25) is 0 Å².